The third kappa shape index (κ3) is 6.88. The van der Waals surface area contributed by atoms with Gasteiger partial charge in [0.2, 0.25) is 0 Å². The van der Waals surface area contributed by atoms with Crippen molar-refractivity contribution in [1.82, 2.24) is 4.90 Å². The van der Waals surface area contributed by atoms with Gasteiger partial charge in [-0.1, -0.05) is 47.5 Å². The predicted octanol–water partition coefficient (Wildman–Crippen LogP) is 6.25. The lowest BCUT2D eigenvalue weighted by atomic mass is 9.56. The minimum atomic E-state index is -1.16. The summed E-state index contributed by atoms with van der Waals surface area (Å²) in [4.78, 5) is 26.4. The van der Waals surface area contributed by atoms with Crippen LogP contribution in [0.25, 0.3) is 0 Å². The topological polar surface area (TPSA) is 85.3 Å². The Bertz CT molecular complexity index is 958. The molecule has 1 aliphatic heterocycles. The molecule has 5 unspecified atom stereocenters. The van der Waals surface area contributed by atoms with Crippen LogP contribution in [-0.2, 0) is 23.8 Å². The molecule has 1 N–H and O–H groups in total. The average Bonchev–Trinajstić information content (AvgIpc) is 3.16. The fourth-order valence-electron chi connectivity index (χ4n) is 10.4. The molecule has 0 amide bonds. The van der Waals surface area contributed by atoms with Crippen LogP contribution >= 0.6 is 0 Å². The third-order valence-electron chi connectivity index (χ3n) is 12.2. The summed E-state index contributed by atoms with van der Waals surface area (Å²) in [6.07, 6.45) is 9.27. The van der Waals surface area contributed by atoms with Crippen LogP contribution in [0.4, 0.5) is 0 Å². The minimum absolute atomic E-state index is 0.0238. The van der Waals surface area contributed by atoms with Crippen molar-refractivity contribution in [1.29, 1.82) is 0 Å². The highest BCUT2D eigenvalue weighted by Gasteiger charge is 2.60. The van der Waals surface area contributed by atoms with Crippen molar-refractivity contribution in [2.75, 3.05) is 20.6 Å². The zero-order valence-electron chi connectivity index (χ0n) is 28.3. The van der Waals surface area contributed by atoms with Crippen LogP contribution in [0.2, 0.25) is 0 Å². The van der Waals surface area contributed by atoms with Gasteiger partial charge in [-0.2, -0.15) is 0 Å². The first-order chi connectivity index (χ1) is 19.4. The summed E-state index contributed by atoms with van der Waals surface area (Å²) in [5, 5.41) is 10.9. The van der Waals surface area contributed by atoms with Gasteiger partial charge >= 0.3 is 11.9 Å². The lowest BCUT2D eigenvalue weighted by molar-refractivity contribution is -0.207. The summed E-state index contributed by atoms with van der Waals surface area (Å²) in [7, 11) is 3.82. The van der Waals surface area contributed by atoms with E-state index in [1.54, 1.807) is 13.8 Å². The summed E-state index contributed by atoms with van der Waals surface area (Å²) in [6.45, 7) is 17.1. The van der Waals surface area contributed by atoms with E-state index in [0.717, 1.165) is 25.7 Å². The second-order valence-corrected chi connectivity index (χ2v) is 16.4. The Kier molecular flexibility index (Phi) is 10.2. The van der Waals surface area contributed by atoms with Gasteiger partial charge in [0, 0.05) is 12.3 Å². The van der Waals surface area contributed by atoms with Gasteiger partial charge in [0.05, 0.1) is 24.4 Å². The molecule has 0 bridgehead atoms. The molecule has 7 heteroatoms. The maximum absolute atomic E-state index is 12.6. The van der Waals surface area contributed by atoms with Crippen LogP contribution < -0.4 is 0 Å². The number of fused-ring (bicyclic) bond motifs is 3. The zero-order chi connectivity index (χ0) is 31.2. The number of aliphatic hydroxyl groups is 1. The summed E-state index contributed by atoms with van der Waals surface area (Å²) in [6, 6.07) is 0. The Morgan fingerprint density at radius 1 is 1.05 bits per heavy atom. The van der Waals surface area contributed by atoms with Crippen molar-refractivity contribution < 1.29 is 28.9 Å². The Hall–Kier alpha value is -1.18. The van der Waals surface area contributed by atoms with Gasteiger partial charge in [-0.25, -0.2) is 0 Å². The van der Waals surface area contributed by atoms with E-state index < -0.39 is 11.7 Å². The first kappa shape index (κ1) is 33.7. The first-order valence-corrected chi connectivity index (χ1v) is 16.8. The van der Waals surface area contributed by atoms with Crippen LogP contribution in [-0.4, -0.2) is 72.6 Å². The lowest BCUT2D eigenvalue weighted by Gasteiger charge is -2.51. The summed E-state index contributed by atoms with van der Waals surface area (Å²) in [5.41, 5.74) is -0.959. The summed E-state index contributed by atoms with van der Waals surface area (Å²) < 4.78 is 18.5. The van der Waals surface area contributed by atoms with Gasteiger partial charge in [0.1, 0.15) is 6.10 Å². The monoisotopic (exact) mass is 591 g/mol. The van der Waals surface area contributed by atoms with Crippen LogP contribution in [0.15, 0.2) is 0 Å². The molecule has 3 saturated carbocycles. The number of carbonyl (C=O) groups excluding carboxylic acids is 2. The average molecular weight is 592 g/mol. The molecule has 4 aliphatic rings. The maximum atomic E-state index is 12.6. The van der Waals surface area contributed by atoms with Gasteiger partial charge in [-0.3, -0.25) is 14.5 Å². The largest absolute Gasteiger partial charge is 0.461 e. The Balaban J connectivity index is 1.46. The van der Waals surface area contributed by atoms with E-state index in [2.05, 4.69) is 34.6 Å². The van der Waals surface area contributed by atoms with Crippen LogP contribution in [0, 0.1) is 46.3 Å². The second kappa shape index (κ2) is 12.7. The molecule has 0 aromatic carbocycles. The van der Waals surface area contributed by atoms with E-state index in [-0.39, 0.29) is 41.1 Å². The molecule has 3 aliphatic carbocycles. The molecule has 7 nitrogen and oxygen atoms in total. The van der Waals surface area contributed by atoms with E-state index in [0.29, 0.717) is 42.1 Å². The number of carbonyl (C=O) groups is 2. The summed E-state index contributed by atoms with van der Waals surface area (Å²) >= 11 is 0. The highest BCUT2D eigenvalue weighted by molar-refractivity contribution is 5.71. The Morgan fingerprint density at radius 3 is 2.36 bits per heavy atom. The van der Waals surface area contributed by atoms with E-state index in [4.69, 9.17) is 14.2 Å². The molecule has 0 aromatic rings. The maximum Gasteiger partial charge on any atom is 0.320 e. The van der Waals surface area contributed by atoms with Gasteiger partial charge in [-0.15, -0.1) is 0 Å². The number of nitrogens with zero attached hydrogens (tertiary/aromatic N) is 1. The number of esters is 2. The zero-order valence-corrected chi connectivity index (χ0v) is 28.3. The van der Waals surface area contributed by atoms with Gasteiger partial charge in [0.25, 0.3) is 0 Å². The fourth-order valence-corrected chi connectivity index (χ4v) is 10.4. The van der Waals surface area contributed by atoms with Crippen molar-refractivity contribution in [3.63, 3.8) is 0 Å². The van der Waals surface area contributed by atoms with Gasteiger partial charge < -0.3 is 19.3 Å². The standard InChI is InChI=1S/C35H61NO6/c1-21-13-16-29(42-30(38)20-36(9)10)33(4,5)25(21)15-14-24-12-11-17-35(8)26(24)19-27-31(35)22(2)18-28(41-27)32(34(6,7)39)40-23(3)37/h21-22,24-29,31-32,39H,11-20H2,1-10H3/t21?,22-,24+,25?,26?,27?,28-,29+,31?,32+,35+/m1/s1. The van der Waals surface area contributed by atoms with E-state index in [1.165, 1.54) is 39.0 Å². The van der Waals surface area contributed by atoms with Crippen molar-refractivity contribution in [2.24, 2.45) is 46.3 Å². The third-order valence-corrected chi connectivity index (χ3v) is 12.2. The Labute approximate surface area is 255 Å². The minimum Gasteiger partial charge on any atom is -0.461 e. The molecule has 0 spiro atoms. The molecule has 4 fully saturated rings. The normalized spacial score (nSPS) is 40.6. The van der Waals surface area contributed by atoms with Crippen LogP contribution in [0.1, 0.15) is 113 Å². The number of rotatable bonds is 9. The smallest absolute Gasteiger partial charge is 0.320 e. The predicted molar refractivity (Wildman–Crippen MR) is 165 cm³/mol. The SMILES string of the molecule is CC(=O)O[C@@H]([C@H]1C[C@@H](C)C2C(CC3[C@H](CCC4C(C)CC[C@H](OC(=O)CN(C)C)C4(C)C)CCC[C@@]32C)O1)C(C)(C)O. The van der Waals surface area contributed by atoms with E-state index in [9.17, 15) is 14.7 Å². The molecule has 4 rings (SSSR count). The quantitative estimate of drug-likeness (QED) is 0.317. The molecule has 1 saturated heterocycles. The number of hydrogen-bond donors (Lipinski definition) is 1. The molecule has 0 aromatic heterocycles. The highest BCUT2D eigenvalue weighted by Crippen LogP contribution is 2.63. The molecule has 11 atom stereocenters. The molecular weight excluding hydrogens is 530 g/mol. The van der Waals surface area contributed by atoms with Gasteiger partial charge in [0.15, 0.2) is 6.10 Å². The number of hydrogen-bond acceptors (Lipinski definition) is 7. The molecule has 42 heavy (non-hydrogen) atoms. The fraction of sp³-hybridized carbons (Fsp3) is 0.943. The van der Waals surface area contributed by atoms with Crippen LogP contribution in [0.3, 0.4) is 0 Å². The van der Waals surface area contributed by atoms with Crippen molar-refractivity contribution in [3.05, 3.63) is 0 Å². The Morgan fingerprint density at radius 2 is 1.74 bits per heavy atom. The highest BCUT2D eigenvalue weighted by atomic mass is 16.6. The molecule has 0 radical (unpaired) electrons. The molecule has 1 heterocycles. The van der Waals surface area contributed by atoms with Crippen molar-refractivity contribution in [2.45, 2.75) is 143 Å². The number of likely N-dealkylation sites (N-methyl/N-ethyl adjacent to an activating group) is 1. The molecule has 242 valence electrons. The first-order valence-electron chi connectivity index (χ1n) is 16.8. The van der Waals surface area contributed by atoms with E-state index in [1.807, 2.05) is 19.0 Å². The van der Waals surface area contributed by atoms with Crippen molar-refractivity contribution in [3.8, 4) is 0 Å². The second-order valence-electron chi connectivity index (χ2n) is 16.4. The summed E-state index contributed by atoms with van der Waals surface area (Å²) in [5.74, 6) is 2.88. The van der Waals surface area contributed by atoms with Gasteiger partial charge in [-0.05, 0) is 114 Å². The van der Waals surface area contributed by atoms with Crippen LogP contribution in [0.5, 0.6) is 0 Å². The lowest BCUT2D eigenvalue weighted by Crippen LogP contribution is -2.54. The molecular formula is C35H61NO6. The van der Waals surface area contributed by atoms with E-state index >= 15 is 0 Å². The number of ether oxygens (including phenoxy) is 3. The van der Waals surface area contributed by atoms with Crippen molar-refractivity contribution >= 4 is 11.9 Å².